The molecule has 0 aliphatic carbocycles. The number of cyclic esters (lactones) is 1. The number of anilines is 1. The van der Waals surface area contributed by atoms with Gasteiger partial charge in [-0.05, 0) is 18.2 Å². The lowest BCUT2D eigenvalue weighted by atomic mass is 10.1. The number of nitro benzene ring substituents is 1. The van der Waals surface area contributed by atoms with Gasteiger partial charge in [-0.3, -0.25) is 10.1 Å². The predicted octanol–water partition coefficient (Wildman–Crippen LogP) is 3.03. The zero-order valence-corrected chi connectivity index (χ0v) is 13.2. The van der Waals surface area contributed by atoms with Crippen LogP contribution in [0.25, 0.3) is 0 Å². The molecule has 2 aromatic carbocycles. The maximum Gasteiger partial charge on any atom is 0.344 e. The minimum atomic E-state index is -1.01. The number of fused-ring (bicyclic) bond motifs is 1. The normalized spacial score (nSPS) is 15.3. The second-order valence-electron chi connectivity index (χ2n) is 5.12. The summed E-state index contributed by atoms with van der Waals surface area (Å²) in [5.41, 5.74) is 0.120. The van der Waals surface area contributed by atoms with Gasteiger partial charge in [0.1, 0.15) is 11.4 Å². The zero-order valence-electron chi connectivity index (χ0n) is 13.2. The molecule has 0 fully saturated rings. The molecule has 1 atom stereocenters. The first kappa shape index (κ1) is 16.5. The highest BCUT2D eigenvalue weighted by Crippen LogP contribution is 2.42. The Balaban J connectivity index is 2.00. The number of carbonyl (C=O) groups excluding carboxylic acids is 1. The average Bonchev–Trinajstić information content (AvgIpc) is 2.91. The fourth-order valence-corrected chi connectivity index (χ4v) is 2.59. The van der Waals surface area contributed by atoms with Crippen molar-refractivity contribution < 1.29 is 28.3 Å². The highest BCUT2D eigenvalue weighted by Gasteiger charge is 2.36. The Hall–Kier alpha value is -3.36. The van der Waals surface area contributed by atoms with Gasteiger partial charge >= 0.3 is 5.97 Å². The molecule has 8 nitrogen and oxygen atoms in total. The van der Waals surface area contributed by atoms with E-state index in [2.05, 4.69) is 5.32 Å². The number of methoxy groups -OCH3 is 2. The third-order valence-corrected chi connectivity index (χ3v) is 3.74. The number of nitrogens with zero attached hydrogens (tertiary/aromatic N) is 1. The van der Waals surface area contributed by atoms with Gasteiger partial charge in [0.15, 0.2) is 11.5 Å². The fraction of sp³-hybridized carbons (Fsp3) is 0.188. The molecular weight excluding hydrogens is 335 g/mol. The lowest BCUT2D eigenvalue weighted by Crippen LogP contribution is -2.11. The van der Waals surface area contributed by atoms with E-state index in [0.717, 1.165) is 18.2 Å². The molecule has 0 saturated heterocycles. The number of non-ortho nitro benzene ring substituents is 1. The maximum absolute atomic E-state index is 14.0. The summed E-state index contributed by atoms with van der Waals surface area (Å²) in [6.07, 6.45) is -1.01. The summed E-state index contributed by atoms with van der Waals surface area (Å²) >= 11 is 0. The standard InChI is InChI=1S/C16H13FN2O6/c1-23-12-6-4-9-13(14(12)24-2)16(20)25-15(9)18-11-7-8(19(21)22)3-5-10(11)17/h3-7,15,18H,1-2H3/t15-/m1/s1. The molecule has 0 amide bonds. The summed E-state index contributed by atoms with van der Waals surface area (Å²) in [4.78, 5) is 22.4. The van der Waals surface area contributed by atoms with Crippen molar-refractivity contribution in [2.45, 2.75) is 6.23 Å². The van der Waals surface area contributed by atoms with Gasteiger partial charge in [0.25, 0.3) is 5.69 Å². The Bertz CT molecular complexity index is 870. The van der Waals surface area contributed by atoms with Gasteiger partial charge in [0.2, 0.25) is 6.23 Å². The summed E-state index contributed by atoms with van der Waals surface area (Å²) in [7, 11) is 2.81. The predicted molar refractivity (Wildman–Crippen MR) is 84.4 cm³/mol. The molecule has 2 aromatic rings. The van der Waals surface area contributed by atoms with Crippen LogP contribution in [0.3, 0.4) is 0 Å². The monoisotopic (exact) mass is 348 g/mol. The van der Waals surface area contributed by atoms with E-state index in [4.69, 9.17) is 14.2 Å². The van der Waals surface area contributed by atoms with Crippen LogP contribution in [0.5, 0.6) is 11.5 Å². The molecule has 9 heteroatoms. The third kappa shape index (κ3) is 2.80. The number of hydrogen-bond donors (Lipinski definition) is 1. The van der Waals surface area contributed by atoms with Gasteiger partial charge in [-0.2, -0.15) is 0 Å². The molecule has 0 unspecified atom stereocenters. The molecule has 1 aliphatic rings. The molecule has 0 radical (unpaired) electrons. The van der Waals surface area contributed by atoms with E-state index in [9.17, 15) is 19.3 Å². The topological polar surface area (TPSA) is 99.9 Å². The van der Waals surface area contributed by atoms with Gasteiger partial charge in [0, 0.05) is 17.7 Å². The molecule has 0 saturated carbocycles. The average molecular weight is 348 g/mol. The van der Waals surface area contributed by atoms with Crippen LogP contribution in [-0.2, 0) is 4.74 Å². The molecule has 3 rings (SSSR count). The van der Waals surface area contributed by atoms with E-state index >= 15 is 0 Å². The smallest absolute Gasteiger partial charge is 0.344 e. The first-order valence-electron chi connectivity index (χ1n) is 7.12. The highest BCUT2D eigenvalue weighted by molar-refractivity contribution is 5.98. The van der Waals surface area contributed by atoms with Crippen LogP contribution in [-0.4, -0.2) is 25.1 Å². The number of esters is 1. The summed E-state index contributed by atoms with van der Waals surface area (Å²) < 4.78 is 29.5. The number of rotatable bonds is 5. The van der Waals surface area contributed by atoms with Crippen molar-refractivity contribution in [3.8, 4) is 11.5 Å². The Morgan fingerprint density at radius 2 is 2.00 bits per heavy atom. The van der Waals surface area contributed by atoms with Crippen molar-refractivity contribution in [2.75, 3.05) is 19.5 Å². The van der Waals surface area contributed by atoms with Crippen LogP contribution < -0.4 is 14.8 Å². The molecular formula is C16H13FN2O6. The minimum absolute atomic E-state index is 0.158. The Labute approximate surface area is 141 Å². The number of hydrogen-bond acceptors (Lipinski definition) is 7. The van der Waals surface area contributed by atoms with E-state index in [-0.39, 0.29) is 22.7 Å². The lowest BCUT2D eigenvalue weighted by molar-refractivity contribution is -0.384. The highest BCUT2D eigenvalue weighted by atomic mass is 19.1. The molecule has 0 aromatic heterocycles. The maximum atomic E-state index is 14.0. The lowest BCUT2D eigenvalue weighted by Gasteiger charge is -2.15. The van der Waals surface area contributed by atoms with Crippen molar-refractivity contribution in [1.29, 1.82) is 0 Å². The van der Waals surface area contributed by atoms with Crippen LogP contribution >= 0.6 is 0 Å². The van der Waals surface area contributed by atoms with Gasteiger partial charge in [-0.1, -0.05) is 0 Å². The largest absolute Gasteiger partial charge is 0.493 e. The molecule has 25 heavy (non-hydrogen) atoms. The number of carbonyl (C=O) groups is 1. The summed E-state index contributed by atoms with van der Waals surface area (Å²) in [5.74, 6) is -0.834. The SMILES string of the molecule is COc1ccc2c(c1OC)C(=O)O[C@H]2Nc1cc([N+](=O)[O-])ccc1F. The van der Waals surface area contributed by atoms with E-state index in [0.29, 0.717) is 11.3 Å². The van der Waals surface area contributed by atoms with Crippen LogP contribution in [0.1, 0.15) is 22.1 Å². The molecule has 130 valence electrons. The quantitative estimate of drug-likeness (QED) is 0.503. The van der Waals surface area contributed by atoms with Crippen LogP contribution in [0.15, 0.2) is 30.3 Å². The summed E-state index contributed by atoms with van der Waals surface area (Å²) in [6.45, 7) is 0. The van der Waals surface area contributed by atoms with E-state index in [1.54, 1.807) is 12.1 Å². The van der Waals surface area contributed by atoms with Gasteiger partial charge in [0.05, 0.1) is 24.8 Å². The molecule has 1 N–H and O–H groups in total. The van der Waals surface area contributed by atoms with Crippen molar-refractivity contribution in [3.05, 3.63) is 57.4 Å². The van der Waals surface area contributed by atoms with E-state index in [1.165, 1.54) is 14.2 Å². The summed E-state index contributed by atoms with van der Waals surface area (Å²) in [6, 6.07) is 6.20. The third-order valence-electron chi connectivity index (χ3n) is 3.74. The molecule has 1 aliphatic heterocycles. The van der Waals surface area contributed by atoms with Crippen LogP contribution in [0, 0.1) is 15.9 Å². The van der Waals surface area contributed by atoms with Crippen LogP contribution in [0.4, 0.5) is 15.8 Å². The van der Waals surface area contributed by atoms with E-state index < -0.39 is 22.9 Å². The molecule has 0 bridgehead atoms. The minimum Gasteiger partial charge on any atom is -0.493 e. The zero-order chi connectivity index (χ0) is 18.1. The van der Waals surface area contributed by atoms with Crippen molar-refractivity contribution in [2.24, 2.45) is 0 Å². The number of benzene rings is 2. The second kappa shape index (κ2) is 6.27. The van der Waals surface area contributed by atoms with Crippen molar-refractivity contribution in [3.63, 3.8) is 0 Å². The number of ether oxygens (including phenoxy) is 3. The Morgan fingerprint density at radius 3 is 2.64 bits per heavy atom. The fourth-order valence-electron chi connectivity index (χ4n) is 2.59. The van der Waals surface area contributed by atoms with Gasteiger partial charge in [-0.15, -0.1) is 0 Å². The molecule has 0 spiro atoms. The van der Waals surface area contributed by atoms with E-state index in [1.807, 2.05) is 0 Å². The first-order valence-corrected chi connectivity index (χ1v) is 7.12. The number of halogens is 1. The summed E-state index contributed by atoms with van der Waals surface area (Å²) in [5, 5.41) is 13.5. The van der Waals surface area contributed by atoms with Crippen LogP contribution in [0.2, 0.25) is 0 Å². The Morgan fingerprint density at radius 1 is 1.24 bits per heavy atom. The second-order valence-corrected chi connectivity index (χ2v) is 5.12. The van der Waals surface area contributed by atoms with Gasteiger partial charge in [-0.25, -0.2) is 9.18 Å². The van der Waals surface area contributed by atoms with Gasteiger partial charge < -0.3 is 19.5 Å². The van der Waals surface area contributed by atoms with Crippen molar-refractivity contribution >= 4 is 17.3 Å². The van der Waals surface area contributed by atoms with Crippen molar-refractivity contribution in [1.82, 2.24) is 0 Å². The molecule has 1 heterocycles. The number of nitro groups is 1. The first-order chi connectivity index (χ1) is 12.0. The number of nitrogens with one attached hydrogen (secondary N) is 1. The Kier molecular flexibility index (Phi) is 4.14.